The second-order valence-corrected chi connectivity index (χ2v) is 6.18. The number of amides is 4. The molecule has 26 heavy (non-hydrogen) atoms. The molecule has 0 saturated carbocycles. The maximum absolute atomic E-state index is 12.9. The van der Waals surface area contributed by atoms with Crippen LogP contribution >= 0.6 is 0 Å². The Kier molecular flexibility index (Phi) is 4.34. The average molecular weight is 350 g/mol. The highest BCUT2D eigenvalue weighted by Crippen LogP contribution is 2.27. The summed E-state index contributed by atoms with van der Waals surface area (Å²) in [6, 6.07) is 11.1. The van der Waals surface area contributed by atoms with Gasteiger partial charge in [0.2, 0.25) is 0 Å². The van der Waals surface area contributed by atoms with Crippen molar-refractivity contribution in [1.29, 1.82) is 0 Å². The number of likely N-dealkylation sites (N-methyl/N-ethyl adjacent to an activating group) is 1. The normalized spacial score (nSPS) is 16.6. The molecule has 0 bridgehead atoms. The van der Waals surface area contributed by atoms with Crippen molar-refractivity contribution in [3.05, 3.63) is 64.7 Å². The molecule has 0 radical (unpaired) electrons. The van der Waals surface area contributed by atoms with Crippen LogP contribution in [0.4, 0.5) is 10.5 Å². The van der Waals surface area contributed by atoms with Crippen LogP contribution in [0.15, 0.2) is 48.0 Å². The number of aryl methyl sites for hydroxylation is 2. The number of phenolic OH excluding ortho intramolecular Hbond substituents is 1. The average Bonchev–Trinajstić information content (AvgIpc) is 2.62. The fraction of sp³-hybridized carbons (Fsp3) is 0.150. The molecule has 1 heterocycles. The van der Waals surface area contributed by atoms with Gasteiger partial charge >= 0.3 is 6.03 Å². The zero-order valence-corrected chi connectivity index (χ0v) is 14.7. The SMILES string of the molecule is Cc1cc(/C=C2/C(=O)N(C)C(=O)N(c3ccccc3)C2=O)cc(C)c1O. The van der Waals surface area contributed by atoms with Crippen LogP contribution in [0.2, 0.25) is 0 Å². The molecule has 1 saturated heterocycles. The van der Waals surface area contributed by atoms with Crippen LogP contribution in [-0.2, 0) is 9.59 Å². The Morgan fingerprint density at radius 2 is 1.50 bits per heavy atom. The Bertz CT molecular complexity index is 925. The van der Waals surface area contributed by atoms with E-state index in [1.54, 1.807) is 56.3 Å². The number of phenols is 1. The van der Waals surface area contributed by atoms with Gasteiger partial charge in [0.1, 0.15) is 11.3 Å². The van der Waals surface area contributed by atoms with Gasteiger partial charge in [-0.15, -0.1) is 0 Å². The highest BCUT2D eigenvalue weighted by Gasteiger charge is 2.40. The molecule has 1 fully saturated rings. The van der Waals surface area contributed by atoms with Gasteiger partial charge in [-0.1, -0.05) is 18.2 Å². The molecule has 1 aliphatic heterocycles. The van der Waals surface area contributed by atoms with Crippen molar-refractivity contribution in [1.82, 2.24) is 4.90 Å². The number of carbonyl (C=O) groups is 3. The van der Waals surface area contributed by atoms with E-state index in [4.69, 9.17) is 0 Å². The van der Waals surface area contributed by atoms with Gasteiger partial charge in [0.15, 0.2) is 0 Å². The quantitative estimate of drug-likeness (QED) is 0.667. The van der Waals surface area contributed by atoms with Gasteiger partial charge < -0.3 is 5.11 Å². The zero-order valence-electron chi connectivity index (χ0n) is 14.7. The van der Waals surface area contributed by atoms with Crippen molar-refractivity contribution in [3.63, 3.8) is 0 Å². The molecule has 0 aliphatic carbocycles. The summed E-state index contributed by atoms with van der Waals surface area (Å²) in [5.74, 6) is -1.16. The minimum atomic E-state index is -0.693. The predicted molar refractivity (Wildman–Crippen MR) is 97.7 cm³/mol. The summed E-state index contributed by atoms with van der Waals surface area (Å²) in [6.07, 6.45) is 1.45. The number of nitrogens with zero attached hydrogens (tertiary/aromatic N) is 2. The van der Waals surface area contributed by atoms with Gasteiger partial charge in [0, 0.05) is 7.05 Å². The van der Waals surface area contributed by atoms with Gasteiger partial charge in [-0.05, 0) is 60.9 Å². The van der Waals surface area contributed by atoms with E-state index in [1.165, 1.54) is 13.1 Å². The fourth-order valence-corrected chi connectivity index (χ4v) is 2.88. The number of carbonyl (C=O) groups excluding carboxylic acids is 3. The molecule has 0 spiro atoms. The molecule has 0 aromatic heterocycles. The topological polar surface area (TPSA) is 77.9 Å². The first-order chi connectivity index (χ1) is 12.3. The Morgan fingerprint density at radius 3 is 2.08 bits per heavy atom. The third-order valence-electron chi connectivity index (χ3n) is 4.29. The third-order valence-corrected chi connectivity index (χ3v) is 4.29. The molecule has 2 aromatic rings. The Balaban J connectivity index is 2.10. The van der Waals surface area contributed by atoms with Crippen LogP contribution in [0.1, 0.15) is 16.7 Å². The maximum atomic E-state index is 12.9. The zero-order chi connectivity index (χ0) is 19.0. The van der Waals surface area contributed by atoms with E-state index in [0.717, 1.165) is 9.80 Å². The van der Waals surface area contributed by atoms with Crippen molar-refractivity contribution in [3.8, 4) is 5.75 Å². The van der Waals surface area contributed by atoms with Crippen LogP contribution in [0, 0.1) is 13.8 Å². The van der Waals surface area contributed by atoms with Gasteiger partial charge in [-0.2, -0.15) is 0 Å². The van der Waals surface area contributed by atoms with Crippen LogP contribution in [0.25, 0.3) is 6.08 Å². The number of hydrogen-bond donors (Lipinski definition) is 1. The van der Waals surface area contributed by atoms with Gasteiger partial charge in [0.25, 0.3) is 11.8 Å². The van der Waals surface area contributed by atoms with Crippen LogP contribution in [0.5, 0.6) is 5.75 Å². The summed E-state index contributed by atoms with van der Waals surface area (Å²) >= 11 is 0. The van der Waals surface area contributed by atoms with E-state index in [9.17, 15) is 19.5 Å². The van der Waals surface area contributed by atoms with Crippen LogP contribution in [0.3, 0.4) is 0 Å². The first-order valence-electron chi connectivity index (χ1n) is 8.04. The number of aromatic hydroxyl groups is 1. The van der Waals surface area contributed by atoms with Gasteiger partial charge in [0.05, 0.1) is 5.69 Å². The molecule has 0 atom stereocenters. The summed E-state index contributed by atoms with van der Waals surface area (Å²) in [6.45, 7) is 3.47. The largest absolute Gasteiger partial charge is 0.507 e. The monoisotopic (exact) mass is 350 g/mol. The highest BCUT2D eigenvalue weighted by molar-refractivity contribution is 6.39. The number of barbiturate groups is 1. The smallest absolute Gasteiger partial charge is 0.338 e. The van der Waals surface area contributed by atoms with E-state index in [-0.39, 0.29) is 11.3 Å². The lowest BCUT2D eigenvalue weighted by molar-refractivity contribution is -0.128. The molecular weight excluding hydrogens is 332 g/mol. The Labute approximate surface area is 151 Å². The summed E-state index contributed by atoms with van der Waals surface area (Å²) < 4.78 is 0. The van der Waals surface area contributed by atoms with E-state index >= 15 is 0 Å². The van der Waals surface area contributed by atoms with Crippen molar-refractivity contribution >= 4 is 29.6 Å². The number of para-hydroxylation sites is 1. The van der Waals surface area contributed by atoms with Crippen molar-refractivity contribution < 1.29 is 19.5 Å². The second-order valence-electron chi connectivity index (χ2n) is 6.18. The fourth-order valence-electron chi connectivity index (χ4n) is 2.88. The Morgan fingerprint density at radius 1 is 0.923 bits per heavy atom. The molecule has 4 amide bonds. The van der Waals surface area contributed by atoms with Gasteiger partial charge in [-0.25, -0.2) is 9.69 Å². The second kappa shape index (κ2) is 6.48. The summed E-state index contributed by atoms with van der Waals surface area (Å²) in [5, 5.41) is 9.89. The van der Waals surface area contributed by atoms with E-state index in [2.05, 4.69) is 0 Å². The first kappa shape index (κ1) is 17.4. The minimum Gasteiger partial charge on any atom is -0.507 e. The van der Waals surface area contributed by atoms with Crippen LogP contribution in [-0.4, -0.2) is 34.9 Å². The summed E-state index contributed by atoms with van der Waals surface area (Å²) in [4.78, 5) is 39.7. The first-order valence-corrected chi connectivity index (χ1v) is 8.04. The molecule has 0 unspecified atom stereocenters. The number of benzene rings is 2. The Hall–Kier alpha value is -3.41. The molecule has 1 aliphatic rings. The summed E-state index contributed by atoms with van der Waals surface area (Å²) in [7, 11) is 1.34. The van der Waals surface area contributed by atoms with E-state index in [0.29, 0.717) is 22.4 Å². The van der Waals surface area contributed by atoms with Crippen molar-refractivity contribution in [2.45, 2.75) is 13.8 Å². The molecule has 132 valence electrons. The standard InChI is InChI=1S/C20H18N2O4/c1-12-9-14(10-13(2)17(12)23)11-16-18(24)21(3)20(26)22(19(16)25)15-7-5-4-6-8-15/h4-11,23H,1-3H3/b16-11-. The lowest BCUT2D eigenvalue weighted by atomic mass is 10.0. The van der Waals surface area contributed by atoms with Crippen molar-refractivity contribution in [2.24, 2.45) is 0 Å². The van der Waals surface area contributed by atoms with Crippen LogP contribution < -0.4 is 4.90 Å². The minimum absolute atomic E-state index is 0.111. The lowest BCUT2D eigenvalue weighted by Crippen LogP contribution is -2.55. The molecule has 6 heteroatoms. The number of anilines is 1. The van der Waals surface area contributed by atoms with E-state index in [1.807, 2.05) is 0 Å². The molecule has 6 nitrogen and oxygen atoms in total. The lowest BCUT2D eigenvalue weighted by Gasteiger charge is -2.31. The number of urea groups is 1. The molecule has 3 rings (SSSR count). The summed E-state index contributed by atoms with van der Waals surface area (Å²) in [5.41, 5.74) is 2.16. The number of hydrogen-bond acceptors (Lipinski definition) is 4. The number of rotatable bonds is 2. The molecule has 1 N–H and O–H groups in total. The highest BCUT2D eigenvalue weighted by atomic mass is 16.3. The number of imide groups is 2. The predicted octanol–water partition coefficient (Wildman–Crippen LogP) is 3.02. The molecular formula is C20H18N2O4. The maximum Gasteiger partial charge on any atom is 0.338 e. The van der Waals surface area contributed by atoms with Gasteiger partial charge in [-0.3, -0.25) is 14.5 Å². The molecule has 2 aromatic carbocycles. The third kappa shape index (κ3) is 2.86. The van der Waals surface area contributed by atoms with Crippen molar-refractivity contribution in [2.75, 3.05) is 11.9 Å². The van der Waals surface area contributed by atoms with E-state index < -0.39 is 17.8 Å².